The van der Waals surface area contributed by atoms with Crippen LogP contribution in [-0.2, 0) is 18.6 Å². The van der Waals surface area contributed by atoms with Crippen molar-refractivity contribution in [3.8, 4) is 0 Å². The van der Waals surface area contributed by atoms with Crippen LogP contribution in [0, 0.1) is 0 Å². The summed E-state index contributed by atoms with van der Waals surface area (Å²) in [6.07, 6.45) is 6.05. The fourth-order valence-corrected chi connectivity index (χ4v) is 4.18. The van der Waals surface area contributed by atoms with Crippen LogP contribution in [-0.4, -0.2) is 40.9 Å². The number of rotatable bonds is 3. The lowest BCUT2D eigenvalue weighted by Gasteiger charge is -2.53. The second kappa shape index (κ2) is 5.78. The molecule has 1 aliphatic heterocycles. The highest BCUT2D eigenvalue weighted by Crippen LogP contribution is 2.48. The summed E-state index contributed by atoms with van der Waals surface area (Å²) in [4.78, 5) is 16.3. The van der Waals surface area contributed by atoms with E-state index in [0.29, 0.717) is 0 Å². The number of benzene rings is 1. The molecule has 4 nitrogen and oxygen atoms in total. The second-order valence-corrected chi connectivity index (χ2v) is 7.29. The minimum atomic E-state index is 0.0628. The summed E-state index contributed by atoms with van der Waals surface area (Å²) in [6.45, 7) is 3.13. The lowest BCUT2D eigenvalue weighted by atomic mass is 9.71. The van der Waals surface area contributed by atoms with Crippen LogP contribution in [0.1, 0.15) is 40.9 Å². The van der Waals surface area contributed by atoms with Gasteiger partial charge in [-0.15, -0.1) is 0 Å². The van der Waals surface area contributed by atoms with Gasteiger partial charge in [-0.2, -0.15) is 0 Å². The molecule has 0 N–H and O–H groups in total. The lowest BCUT2D eigenvalue weighted by molar-refractivity contribution is -0.0213. The summed E-state index contributed by atoms with van der Waals surface area (Å²) in [5, 5.41) is 0. The summed E-state index contributed by atoms with van der Waals surface area (Å²) in [5.74, 6) is 0.0628. The van der Waals surface area contributed by atoms with Crippen molar-refractivity contribution in [1.82, 2.24) is 14.4 Å². The number of amides is 1. The van der Waals surface area contributed by atoms with Gasteiger partial charge in [0.1, 0.15) is 0 Å². The quantitative estimate of drug-likeness (QED) is 0.868. The summed E-state index contributed by atoms with van der Waals surface area (Å²) in [6, 6.07) is 12.6. The number of aromatic nitrogens is 1. The first-order valence-electron chi connectivity index (χ1n) is 8.81. The van der Waals surface area contributed by atoms with Crippen LogP contribution >= 0.6 is 0 Å². The molecule has 0 unspecified atom stereocenters. The van der Waals surface area contributed by atoms with Crippen molar-refractivity contribution in [3.05, 3.63) is 59.4 Å². The van der Waals surface area contributed by atoms with Crippen LogP contribution < -0.4 is 0 Å². The molecule has 2 aromatic rings. The van der Waals surface area contributed by atoms with Gasteiger partial charge in [0.05, 0.1) is 5.54 Å². The Kier molecular flexibility index (Phi) is 3.72. The highest BCUT2D eigenvalue weighted by Gasteiger charge is 2.47. The van der Waals surface area contributed by atoms with Gasteiger partial charge in [-0.25, -0.2) is 0 Å². The standard InChI is InChI=1S/C20H25N3O/c1-21(2)19(24)17-8-6-16(7-9-17)15-23-14-13-22-12-3-5-18(22)20(23)10-4-11-20/h3,5-9,12H,4,10-11,13-15H2,1-2H3. The molecule has 1 spiro atoms. The van der Waals surface area contributed by atoms with Gasteiger partial charge in [0.25, 0.3) is 5.91 Å². The Morgan fingerprint density at radius 3 is 2.50 bits per heavy atom. The van der Waals surface area contributed by atoms with E-state index in [1.165, 1.54) is 30.5 Å². The van der Waals surface area contributed by atoms with E-state index in [0.717, 1.165) is 25.2 Å². The zero-order valence-corrected chi connectivity index (χ0v) is 14.5. The Labute approximate surface area is 143 Å². The molecular formula is C20H25N3O. The molecule has 1 saturated carbocycles. The van der Waals surface area contributed by atoms with Gasteiger partial charge in [-0.1, -0.05) is 12.1 Å². The first-order valence-corrected chi connectivity index (χ1v) is 8.81. The molecule has 1 aromatic carbocycles. The third-order valence-electron chi connectivity index (χ3n) is 5.68. The van der Waals surface area contributed by atoms with Crippen molar-refractivity contribution in [2.45, 2.75) is 37.9 Å². The molecule has 126 valence electrons. The highest BCUT2D eigenvalue weighted by atomic mass is 16.2. The van der Waals surface area contributed by atoms with Crippen molar-refractivity contribution in [1.29, 1.82) is 0 Å². The van der Waals surface area contributed by atoms with E-state index in [-0.39, 0.29) is 11.4 Å². The third-order valence-corrected chi connectivity index (χ3v) is 5.68. The van der Waals surface area contributed by atoms with Gasteiger partial charge in [-0.3, -0.25) is 9.69 Å². The first kappa shape index (κ1) is 15.5. The number of nitrogens with zero attached hydrogens (tertiary/aromatic N) is 3. The van der Waals surface area contributed by atoms with E-state index in [4.69, 9.17) is 0 Å². The predicted molar refractivity (Wildman–Crippen MR) is 94.8 cm³/mol. The maximum atomic E-state index is 12.0. The van der Waals surface area contributed by atoms with E-state index in [1.807, 2.05) is 12.1 Å². The number of fused-ring (bicyclic) bond motifs is 2. The minimum Gasteiger partial charge on any atom is -0.348 e. The van der Waals surface area contributed by atoms with Crippen LogP contribution in [0.2, 0.25) is 0 Å². The SMILES string of the molecule is CN(C)C(=O)c1ccc(CN2CCn3cccc3C23CCC3)cc1. The average molecular weight is 323 g/mol. The molecular weight excluding hydrogens is 298 g/mol. The van der Waals surface area contributed by atoms with Gasteiger partial charge in [-0.05, 0) is 49.1 Å². The lowest BCUT2D eigenvalue weighted by Crippen LogP contribution is -2.55. The summed E-state index contributed by atoms with van der Waals surface area (Å²) in [5.41, 5.74) is 3.77. The Morgan fingerprint density at radius 2 is 1.88 bits per heavy atom. The molecule has 0 atom stereocenters. The normalized spacial score (nSPS) is 18.9. The van der Waals surface area contributed by atoms with E-state index in [9.17, 15) is 4.79 Å². The van der Waals surface area contributed by atoms with E-state index in [2.05, 4.69) is 39.9 Å². The minimum absolute atomic E-state index is 0.0628. The zero-order chi connectivity index (χ0) is 16.7. The molecule has 4 heteroatoms. The molecule has 2 aliphatic rings. The van der Waals surface area contributed by atoms with Crippen molar-refractivity contribution in [3.63, 3.8) is 0 Å². The van der Waals surface area contributed by atoms with Gasteiger partial charge in [0, 0.05) is 51.2 Å². The Balaban J connectivity index is 1.54. The molecule has 1 amide bonds. The van der Waals surface area contributed by atoms with Crippen LogP contribution in [0.15, 0.2) is 42.6 Å². The van der Waals surface area contributed by atoms with E-state index < -0.39 is 0 Å². The molecule has 0 bridgehead atoms. The smallest absolute Gasteiger partial charge is 0.253 e. The van der Waals surface area contributed by atoms with E-state index >= 15 is 0 Å². The van der Waals surface area contributed by atoms with Crippen molar-refractivity contribution < 1.29 is 4.79 Å². The van der Waals surface area contributed by atoms with Crippen LogP contribution in [0.5, 0.6) is 0 Å². The molecule has 0 saturated heterocycles. The number of hydrogen-bond acceptors (Lipinski definition) is 2. The molecule has 1 fully saturated rings. The monoisotopic (exact) mass is 323 g/mol. The highest BCUT2D eigenvalue weighted by molar-refractivity contribution is 5.93. The molecule has 1 aromatic heterocycles. The number of carbonyl (C=O) groups excluding carboxylic acids is 1. The van der Waals surface area contributed by atoms with Crippen LogP contribution in [0.4, 0.5) is 0 Å². The van der Waals surface area contributed by atoms with Crippen molar-refractivity contribution in [2.24, 2.45) is 0 Å². The van der Waals surface area contributed by atoms with Crippen LogP contribution in [0.25, 0.3) is 0 Å². The summed E-state index contributed by atoms with van der Waals surface area (Å²) >= 11 is 0. The summed E-state index contributed by atoms with van der Waals surface area (Å²) < 4.78 is 2.43. The zero-order valence-electron chi connectivity index (χ0n) is 14.5. The third kappa shape index (κ3) is 2.37. The van der Waals surface area contributed by atoms with Gasteiger partial charge in [0.15, 0.2) is 0 Å². The van der Waals surface area contributed by atoms with Gasteiger partial charge >= 0.3 is 0 Å². The second-order valence-electron chi connectivity index (χ2n) is 7.29. The molecule has 0 radical (unpaired) electrons. The fraction of sp³-hybridized carbons (Fsp3) is 0.450. The maximum Gasteiger partial charge on any atom is 0.253 e. The first-order chi connectivity index (χ1) is 11.6. The molecule has 2 heterocycles. The Morgan fingerprint density at radius 1 is 1.12 bits per heavy atom. The molecule has 1 aliphatic carbocycles. The van der Waals surface area contributed by atoms with Crippen molar-refractivity contribution >= 4 is 5.91 Å². The predicted octanol–water partition coefficient (Wildman–Crippen LogP) is 3.08. The fourth-order valence-electron chi connectivity index (χ4n) is 4.18. The van der Waals surface area contributed by atoms with Gasteiger partial charge < -0.3 is 9.47 Å². The van der Waals surface area contributed by atoms with Crippen molar-refractivity contribution in [2.75, 3.05) is 20.6 Å². The molecule has 4 rings (SSSR count). The number of hydrogen-bond donors (Lipinski definition) is 0. The molecule has 24 heavy (non-hydrogen) atoms. The Bertz CT molecular complexity index is 740. The van der Waals surface area contributed by atoms with E-state index in [1.54, 1.807) is 19.0 Å². The Hall–Kier alpha value is -2.07. The maximum absolute atomic E-state index is 12.0. The summed E-state index contributed by atoms with van der Waals surface area (Å²) in [7, 11) is 3.58. The van der Waals surface area contributed by atoms with Crippen LogP contribution in [0.3, 0.4) is 0 Å². The topological polar surface area (TPSA) is 28.5 Å². The van der Waals surface area contributed by atoms with Gasteiger partial charge in [0.2, 0.25) is 0 Å². The number of carbonyl (C=O) groups is 1. The largest absolute Gasteiger partial charge is 0.348 e. The average Bonchev–Trinajstić information content (AvgIpc) is 3.02.